The van der Waals surface area contributed by atoms with E-state index in [9.17, 15) is 0 Å². The predicted molar refractivity (Wildman–Crippen MR) is 75.2 cm³/mol. The Labute approximate surface area is 113 Å². The minimum absolute atomic E-state index is 0.0338. The molecular weight excluding hydrogens is 244 g/mol. The molecule has 1 fully saturated rings. The fourth-order valence-corrected chi connectivity index (χ4v) is 3.83. The normalized spacial score (nSPS) is 20.0. The maximum atomic E-state index is 5.81. The van der Waals surface area contributed by atoms with E-state index in [-0.39, 0.29) is 11.5 Å². The molecule has 0 aliphatic heterocycles. The summed E-state index contributed by atoms with van der Waals surface area (Å²) < 4.78 is 4.15. The molecule has 1 unspecified atom stereocenters. The second-order valence-electron chi connectivity index (χ2n) is 6.28. The van der Waals surface area contributed by atoms with E-state index >= 15 is 0 Å². The Morgan fingerprint density at radius 2 is 1.94 bits per heavy atom. The van der Waals surface area contributed by atoms with Gasteiger partial charge in [0.05, 0.1) is 16.6 Å². The third-order valence-electron chi connectivity index (χ3n) is 3.81. The summed E-state index contributed by atoms with van der Waals surface area (Å²) in [4.78, 5) is 1.23. The summed E-state index contributed by atoms with van der Waals surface area (Å²) in [5.41, 5.74) is 4.15. The van der Waals surface area contributed by atoms with E-state index in [0.29, 0.717) is 5.92 Å². The number of hydrogen-bond acceptors (Lipinski definition) is 5. The monoisotopic (exact) mass is 268 g/mol. The van der Waals surface area contributed by atoms with Gasteiger partial charge >= 0.3 is 0 Å². The van der Waals surface area contributed by atoms with Crippen LogP contribution in [0, 0.1) is 5.92 Å². The van der Waals surface area contributed by atoms with Crippen LogP contribution in [-0.4, -0.2) is 9.59 Å². The molecule has 4 nitrogen and oxygen atoms in total. The van der Waals surface area contributed by atoms with Gasteiger partial charge in [-0.25, -0.2) is 0 Å². The first-order chi connectivity index (χ1) is 8.54. The summed E-state index contributed by atoms with van der Waals surface area (Å²) in [7, 11) is 0. The number of rotatable bonds is 3. The molecule has 0 bridgehead atoms. The quantitative estimate of drug-likeness (QED) is 0.653. The Morgan fingerprint density at radius 1 is 1.28 bits per heavy atom. The molecule has 5 heteroatoms. The maximum Gasteiger partial charge on any atom is 0.0857 e. The first-order valence-electron chi connectivity index (χ1n) is 6.83. The molecule has 2 rings (SSSR count). The van der Waals surface area contributed by atoms with Gasteiger partial charge in [-0.05, 0) is 30.3 Å². The van der Waals surface area contributed by atoms with E-state index in [0.717, 1.165) is 5.69 Å². The number of nitrogens with two attached hydrogens (primary N) is 1. The molecule has 0 radical (unpaired) electrons. The zero-order valence-corrected chi connectivity index (χ0v) is 12.4. The summed E-state index contributed by atoms with van der Waals surface area (Å²) in [5.74, 6) is 6.44. The second kappa shape index (κ2) is 5.63. The molecular formula is C13H24N4S. The van der Waals surface area contributed by atoms with Crippen molar-refractivity contribution in [1.82, 2.24) is 15.0 Å². The van der Waals surface area contributed by atoms with Gasteiger partial charge in [0.2, 0.25) is 0 Å². The van der Waals surface area contributed by atoms with Gasteiger partial charge in [0.1, 0.15) is 0 Å². The molecule has 1 saturated carbocycles. The number of nitrogens with zero attached hydrogens (tertiary/aromatic N) is 2. The van der Waals surface area contributed by atoms with Gasteiger partial charge in [0.25, 0.3) is 0 Å². The zero-order chi connectivity index (χ0) is 13.2. The van der Waals surface area contributed by atoms with Crippen LogP contribution in [0.2, 0.25) is 0 Å². The molecule has 1 aliphatic carbocycles. The lowest BCUT2D eigenvalue weighted by molar-refractivity contribution is 0.273. The summed E-state index contributed by atoms with van der Waals surface area (Å²) in [6.07, 6.45) is 6.52. The van der Waals surface area contributed by atoms with Crippen LogP contribution in [0.1, 0.15) is 69.5 Å². The van der Waals surface area contributed by atoms with Gasteiger partial charge in [0, 0.05) is 5.41 Å². The standard InChI is InChI=1S/C13H24N4S/c1-13(2,3)12-11(18-17-16-12)10(15-14)9-7-5-4-6-8-9/h9-10,15H,4-8,14H2,1-3H3. The average molecular weight is 268 g/mol. The Balaban J connectivity index is 2.24. The summed E-state index contributed by atoms with van der Waals surface area (Å²) >= 11 is 1.50. The lowest BCUT2D eigenvalue weighted by Gasteiger charge is -2.30. The molecule has 0 aromatic carbocycles. The van der Waals surface area contributed by atoms with Gasteiger partial charge in [-0.15, -0.1) is 5.10 Å². The molecule has 102 valence electrons. The van der Waals surface area contributed by atoms with E-state index in [1.54, 1.807) is 0 Å². The second-order valence-corrected chi connectivity index (χ2v) is 7.06. The minimum Gasteiger partial charge on any atom is -0.271 e. The van der Waals surface area contributed by atoms with Crippen LogP contribution >= 0.6 is 11.5 Å². The molecule has 0 saturated heterocycles. The SMILES string of the molecule is CC(C)(C)c1nnsc1C(NN)C1CCCCC1. The average Bonchev–Trinajstić information content (AvgIpc) is 2.80. The van der Waals surface area contributed by atoms with E-state index in [1.807, 2.05) is 0 Å². The largest absolute Gasteiger partial charge is 0.271 e. The van der Waals surface area contributed by atoms with E-state index < -0.39 is 0 Å². The van der Waals surface area contributed by atoms with Crippen LogP contribution in [0.25, 0.3) is 0 Å². The Hall–Kier alpha value is -0.520. The number of nitrogens with one attached hydrogen (secondary N) is 1. The number of aromatic nitrogens is 2. The van der Waals surface area contributed by atoms with Crippen LogP contribution in [0.4, 0.5) is 0 Å². The van der Waals surface area contributed by atoms with Crippen LogP contribution in [0.3, 0.4) is 0 Å². The molecule has 3 N–H and O–H groups in total. The van der Waals surface area contributed by atoms with Crippen molar-refractivity contribution in [3.63, 3.8) is 0 Å². The molecule has 1 aromatic rings. The minimum atomic E-state index is 0.0338. The molecule has 1 aliphatic rings. The van der Waals surface area contributed by atoms with Crippen LogP contribution in [0.15, 0.2) is 0 Å². The third kappa shape index (κ3) is 2.90. The van der Waals surface area contributed by atoms with Crippen molar-refractivity contribution in [3.8, 4) is 0 Å². The molecule has 0 amide bonds. The number of hydrogen-bond donors (Lipinski definition) is 2. The van der Waals surface area contributed by atoms with Crippen LogP contribution in [0.5, 0.6) is 0 Å². The smallest absolute Gasteiger partial charge is 0.0857 e. The van der Waals surface area contributed by atoms with Crippen molar-refractivity contribution < 1.29 is 0 Å². The maximum absolute atomic E-state index is 5.81. The summed E-state index contributed by atoms with van der Waals surface area (Å²) in [6.45, 7) is 6.55. The highest BCUT2D eigenvalue weighted by Crippen LogP contribution is 2.38. The van der Waals surface area contributed by atoms with Gasteiger partial charge in [-0.1, -0.05) is 44.5 Å². The Kier molecular flexibility index (Phi) is 4.35. The Bertz CT molecular complexity index is 377. The van der Waals surface area contributed by atoms with Crippen molar-refractivity contribution in [2.24, 2.45) is 11.8 Å². The van der Waals surface area contributed by atoms with E-state index in [1.165, 1.54) is 48.5 Å². The van der Waals surface area contributed by atoms with E-state index in [2.05, 4.69) is 35.8 Å². The topological polar surface area (TPSA) is 63.8 Å². The number of hydrazine groups is 1. The van der Waals surface area contributed by atoms with Gasteiger partial charge < -0.3 is 0 Å². The van der Waals surface area contributed by atoms with Crippen LogP contribution in [-0.2, 0) is 5.41 Å². The van der Waals surface area contributed by atoms with Gasteiger partial charge in [0.15, 0.2) is 0 Å². The van der Waals surface area contributed by atoms with Crippen LogP contribution < -0.4 is 11.3 Å². The Morgan fingerprint density at radius 3 is 2.50 bits per heavy atom. The van der Waals surface area contributed by atoms with Crippen molar-refractivity contribution in [3.05, 3.63) is 10.6 Å². The predicted octanol–water partition coefficient (Wildman–Crippen LogP) is 2.92. The van der Waals surface area contributed by atoms with Crippen molar-refractivity contribution in [1.29, 1.82) is 0 Å². The summed E-state index contributed by atoms with van der Waals surface area (Å²) in [5, 5.41) is 4.32. The molecule has 0 spiro atoms. The van der Waals surface area contributed by atoms with Gasteiger partial charge in [-0.3, -0.25) is 11.3 Å². The fourth-order valence-electron chi connectivity index (χ4n) is 2.81. The molecule has 1 aromatic heterocycles. The highest BCUT2D eigenvalue weighted by molar-refractivity contribution is 7.05. The van der Waals surface area contributed by atoms with Crippen molar-refractivity contribution in [2.45, 2.75) is 64.3 Å². The van der Waals surface area contributed by atoms with Gasteiger partial charge in [-0.2, -0.15) is 0 Å². The highest BCUT2D eigenvalue weighted by atomic mass is 32.1. The summed E-state index contributed by atoms with van der Waals surface area (Å²) in [6, 6.07) is 0.222. The van der Waals surface area contributed by atoms with Crippen molar-refractivity contribution in [2.75, 3.05) is 0 Å². The highest BCUT2D eigenvalue weighted by Gasteiger charge is 2.31. The first kappa shape index (κ1) is 13.9. The van der Waals surface area contributed by atoms with Crippen molar-refractivity contribution >= 4 is 11.5 Å². The molecule has 1 atom stereocenters. The van der Waals surface area contributed by atoms with E-state index in [4.69, 9.17) is 5.84 Å². The third-order valence-corrected chi connectivity index (χ3v) is 4.61. The fraction of sp³-hybridized carbons (Fsp3) is 0.846. The lowest BCUT2D eigenvalue weighted by Crippen LogP contribution is -2.35. The molecule has 18 heavy (non-hydrogen) atoms. The molecule has 1 heterocycles. The zero-order valence-electron chi connectivity index (χ0n) is 11.6. The first-order valence-corrected chi connectivity index (χ1v) is 7.60. The lowest BCUT2D eigenvalue weighted by atomic mass is 9.81.